The molecule has 0 spiro atoms. The first-order valence-electron chi connectivity index (χ1n) is 10.6. The van der Waals surface area contributed by atoms with Crippen molar-refractivity contribution in [3.8, 4) is 0 Å². The molecule has 0 radical (unpaired) electrons. The first-order valence-corrected chi connectivity index (χ1v) is 11.8. The summed E-state index contributed by atoms with van der Waals surface area (Å²) < 4.78 is 1.06. The second kappa shape index (κ2) is 7.86. The molecule has 3 aromatic rings. The molecule has 1 aliphatic carbocycles. The Morgan fingerprint density at radius 1 is 1.07 bits per heavy atom. The normalized spacial score (nSPS) is 19.3. The summed E-state index contributed by atoms with van der Waals surface area (Å²) in [6, 6.07) is 8.84. The molecule has 0 atom stereocenters. The summed E-state index contributed by atoms with van der Waals surface area (Å²) in [5.74, 6) is 0.131. The van der Waals surface area contributed by atoms with Gasteiger partial charge in [-0.1, -0.05) is 42.5 Å². The molecule has 2 aliphatic rings. The number of fused-ring (bicyclic) bond motifs is 3. The molecule has 1 amide bonds. The molecular formula is C23H26ClN3OS. The number of aromatic nitrogens is 1. The predicted molar refractivity (Wildman–Crippen MR) is 121 cm³/mol. The highest BCUT2D eigenvalue weighted by Gasteiger charge is 2.28. The second-order valence-corrected chi connectivity index (χ2v) is 9.81. The van der Waals surface area contributed by atoms with Crippen molar-refractivity contribution in [2.24, 2.45) is 0 Å². The number of hydrogen-bond donors (Lipinski definition) is 0. The van der Waals surface area contributed by atoms with Crippen LogP contribution in [-0.4, -0.2) is 52.9 Å². The lowest BCUT2D eigenvalue weighted by Crippen LogP contribution is -2.52. The Bertz CT molecular complexity index is 1060. The van der Waals surface area contributed by atoms with Gasteiger partial charge >= 0.3 is 0 Å². The smallest absolute Gasteiger partial charge is 0.264 e. The Kier molecular flexibility index (Phi) is 5.23. The van der Waals surface area contributed by atoms with Gasteiger partial charge in [-0.25, -0.2) is 4.98 Å². The fourth-order valence-electron chi connectivity index (χ4n) is 4.84. The van der Waals surface area contributed by atoms with E-state index in [0.29, 0.717) is 5.15 Å². The van der Waals surface area contributed by atoms with Crippen LogP contribution >= 0.6 is 22.9 Å². The van der Waals surface area contributed by atoms with Crippen molar-refractivity contribution in [3.63, 3.8) is 0 Å². The summed E-state index contributed by atoms with van der Waals surface area (Å²) in [6.45, 7) is 5.69. The Morgan fingerprint density at radius 2 is 1.83 bits per heavy atom. The molecule has 0 N–H and O–H groups in total. The van der Waals surface area contributed by atoms with Gasteiger partial charge in [0.15, 0.2) is 0 Å². The van der Waals surface area contributed by atoms with E-state index < -0.39 is 0 Å². The minimum atomic E-state index is 0.131. The van der Waals surface area contributed by atoms with Crippen LogP contribution in [0.3, 0.4) is 0 Å². The second-order valence-electron chi connectivity index (χ2n) is 8.40. The standard InChI is InChI=1S/C23H26ClN3OS/c1-15-7-8-19-17(13-15)21-18(22(24)25-19)14-20(29-21)23(28)27-11-9-26(10-12-27)16-5-3-2-4-6-16/h7-8,13-14,16H,2-6,9-12H2,1H3. The van der Waals surface area contributed by atoms with E-state index in [2.05, 4.69) is 22.9 Å². The minimum absolute atomic E-state index is 0.131. The fourth-order valence-corrected chi connectivity index (χ4v) is 6.29. The third kappa shape index (κ3) is 3.65. The molecule has 1 aliphatic heterocycles. The van der Waals surface area contributed by atoms with Gasteiger partial charge in [-0.2, -0.15) is 0 Å². The SMILES string of the molecule is Cc1ccc2nc(Cl)c3cc(C(=O)N4CCN(C5CCCCC5)CC4)sc3c2c1. The topological polar surface area (TPSA) is 36.4 Å². The lowest BCUT2D eigenvalue weighted by molar-refractivity contribution is 0.0527. The summed E-state index contributed by atoms with van der Waals surface area (Å²) in [5.41, 5.74) is 2.07. The highest BCUT2D eigenvalue weighted by molar-refractivity contribution is 7.21. The van der Waals surface area contributed by atoms with Crippen molar-refractivity contribution >= 4 is 49.8 Å². The number of carbonyl (C=O) groups excluding carboxylic acids is 1. The van der Waals surface area contributed by atoms with Gasteiger partial charge < -0.3 is 4.90 Å². The molecule has 1 saturated carbocycles. The van der Waals surface area contributed by atoms with Crippen molar-refractivity contribution in [2.75, 3.05) is 26.2 Å². The lowest BCUT2D eigenvalue weighted by Gasteiger charge is -2.40. The first-order chi connectivity index (χ1) is 14.1. The minimum Gasteiger partial charge on any atom is -0.335 e. The summed E-state index contributed by atoms with van der Waals surface area (Å²) in [4.78, 5) is 23.1. The Balaban J connectivity index is 1.38. The van der Waals surface area contributed by atoms with E-state index in [1.165, 1.54) is 37.7 Å². The zero-order valence-electron chi connectivity index (χ0n) is 16.8. The summed E-state index contributed by atoms with van der Waals surface area (Å²) >= 11 is 8.00. The van der Waals surface area contributed by atoms with E-state index in [9.17, 15) is 4.79 Å². The Morgan fingerprint density at radius 3 is 2.59 bits per heavy atom. The predicted octanol–water partition coefficient (Wildman–Crippen LogP) is 5.50. The number of benzene rings is 1. The molecule has 0 unspecified atom stereocenters. The molecule has 1 aromatic carbocycles. The quantitative estimate of drug-likeness (QED) is 0.506. The van der Waals surface area contributed by atoms with Crippen LogP contribution in [0.2, 0.25) is 5.15 Å². The van der Waals surface area contributed by atoms with E-state index in [1.807, 2.05) is 23.1 Å². The number of carbonyl (C=O) groups is 1. The van der Waals surface area contributed by atoms with Gasteiger partial charge in [0.05, 0.1) is 10.4 Å². The molecular weight excluding hydrogens is 402 g/mol. The molecule has 2 aromatic heterocycles. The zero-order chi connectivity index (χ0) is 20.0. The van der Waals surface area contributed by atoms with Gasteiger partial charge in [-0.3, -0.25) is 9.69 Å². The molecule has 3 heterocycles. The van der Waals surface area contributed by atoms with E-state index in [4.69, 9.17) is 11.6 Å². The van der Waals surface area contributed by atoms with Gasteiger partial charge in [-0.05, 0) is 38.0 Å². The lowest BCUT2D eigenvalue weighted by atomic mass is 9.94. The third-order valence-corrected chi connectivity index (χ3v) is 7.92. The average Bonchev–Trinajstić information content (AvgIpc) is 3.21. The van der Waals surface area contributed by atoms with Crippen molar-refractivity contribution in [2.45, 2.75) is 45.1 Å². The van der Waals surface area contributed by atoms with Crippen molar-refractivity contribution < 1.29 is 4.79 Å². The number of aryl methyl sites for hydroxylation is 1. The molecule has 1 saturated heterocycles. The van der Waals surface area contributed by atoms with Crippen molar-refractivity contribution in [3.05, 3.63) is 39.9 Å². The number of hydrogen-bond acceptors (Lipinski definition) is 4. The molecule has 29 heavy (non-hydrogen) atoms. The monoisotopic (exact) mass is 427 g/mol. The maximum Gasteiger partial charge on any atom is 0.264 e. The van der Waals surface area contributed by atoms with E-state index in [-0.39, 0.29) is 5.91 Å². The Labute approximate surface area is 180 Å². The molecule has 152 valence electrons. The number of amides is 1. The largest absolute Gasteiger partial charge is 0.335 e. The van der Waals surface area contributed by atoms with Gasteiger partial charge in [0.25, 0.3) is 5.91 Å². The number of halogens is 1. The van der Waals surface area contributed by atoms with Gasteiger partial charge in [0.2, 0.25) is 0 Å². The van der Waals surface area contributed by atoms with Crippen LogP contribution in [0.25, 0.3) is 21.0 Å². The van der Waals surface area contributed by atoms with Crippen LogP contribution in [0.1, 0.15) is 47.3 Å². The average molecular weight is 428 g/mol. The molecule has 4 nitrogen and oxygen atoms in total. The van der Waals surface area contributed by atoms with Gasteiger partial charge in [0, 0.05) is 47.7 Å². The van der Waals surface area contributed by atoms with Crippen LogP contribution in [-0.2, 0) is 0 Å². The van der Waals surface area contributed by atoms with Crippen LogP contribution in [0.5, 0.6) is 0 Å². The highest BCUT2D eigenvalue weighted by atomic mass is 35.5. The van der Waals surface area contributed by atoms with Crippen molar-refractivity contribution in [1.82, 2.24) is 14.8 Å². The first kappa shape index (κ1) is 19.3. The Hall–Kier alpha value is -1.69. The highest BCUT2D eigenvalue weighted by Crippen LogP contribution is 2.36. The summed E-state index contributed by atoms with van der Waals surface area (Å²) in [6.07, 6.45) is 6.73. The van der Waals surface area contributed by atoms with E-state index in [0.717, 1.165) is 58.1 Å². The number of piperazine rings is 1. The number of rotatable bonds is 2. The van der Waals surface area contributed by atoms with Crippen LogP contribution in [0.4, 0.5) is 0 Å². The maximum atomic E-state index is 13.2. The van der Waals surface area contributed by atoms with E-state index in [1.54, 1.807) is 11.3 Å². The fraction of sp³-hybridized carbons (Fsp3) is 0.478. The molecule has 2 fully saturated rings. The summed E-state index contributed by atoms with van der Waals surface area (Å²) in [7, 11) is 0. The summed E-state index contributed by atoms with van der Waals surface area (Å²) in [5, 5.41) is 2.45. The molecule has 0 bridgehead atoms. The van der Waals surface area contributed by atoms with E-state index >= 15 is 0 Å². The number of pyridine rings is 1. The van der Waals surface area contributed by atoms with Gasteiger partial charge in [-0.15, -0.1) is 11.3 Å². The number of thiophene rings is 1. The van der Waals surface area contributed by atoms with Gasteiger partial charge in [0.1, 0.15) is 5.15 Å². The molecule has 6 heteroatoms. The zero-order valence-corrected chi connectivity index (χ0v) is 18.4. The van der Waals surface area contributed by atoms with Crippen LogP contribution < -0.4 is 0 Å². The van der Waals surface area contributed by atoms with Crippen LogP contribution in [0.15, 0.2) is 24.3 Å². The number of nitrogens with zero attached hydrogens (tertiary/aromatic N) is 3. The maximum absolute atomic E-state index is 13.2. The van der Waals surface area contributed by atoms with Crippen LogP contribution in [0, 0.1) is 6.92 Å². The molecule has 5 rings (SSSR count). The third-order valence-electron chi connectivity index (χ3n) is 6.47. The van der Waals surface area contributed by atoms with Crippen molar-refractivity contribution in [1.29, 1.82) is 0 Å².